The number of hydrogen-bond donors (Lipinski definition) is 2. The first-order valence-electron chi connectivity index (χ1n) is 16.2. The van der Waals surface area contributed by atoms with E-state index in [1.54, 1.807) is 11.3 Å². The van der Waals surface area contributed by atoms with Gasteiger partial charge in [0, 0.05) is 29.4 Å². The zero-order valence-corrected chi connectivity index (χ0v) is 26.8. The summed E-state index contributed by atoms with van der Waals surface area (Å²) in [6, 6.07) is 16.7. The number of nitrogens with one attached hydrogen (secondary N) is 2. The Kier molecular flexibility index (Phi) is 8.23. The van der Waals surface area contributed by atoms with Gasteiger partial charge >= 0.3 is 0 Å². The van der Waals surface area contributed by atoms with Crippen LogP contribution in [0.3, 0.4) is 0 Å². The highest BCUT2D eigenvalue weighted by atomic mass is 32.1. The third kappa shape index (κ3) is 5.91. The number of aryl methyl sites for hydroxylation is 2. The fourth-order valence-electron chi connectivity index (χ4n) is 7.07. The normalized spacial score (nSPS) is 16.9. The SMILES string of the molecule is Cc1nc(C)c(-c2ccc3cc(-c4c(C5CCCCC5)c5ccc6cc5n4CC(=O)NCCC=CCCNC6=O)ccc3n2)s1. The van der Waals surface area contributed by atoms with Gasteiger partial charge < -0.3 is 15.2 Å². The first kappa shape index (κ1) is 29.4. The van der Waals surface area contributed by atoms with Gasteiger partial charge in [-0.15, -0.1) is 11.3 Å². The molecule has 1 saturated carbocycles. The molecule has 2 aromatic carbocycles. The van der Waals surface area contributed by atoms with E-state index >= 15 is 0 Å². The van der Waals surface area contributed by atoms with E-state index in [0.717, 1.165) is 80.0 Å². The molecular formula is C37H39N5O2S. The van der Waals surface area contributed by atoms with Crippen molar-refractivity contribution in [3.05, 3.63) is 82.5 Å². The second-order valence-electron chi connectivity index (χ2n) is 12.3. The Balaban J connectivity index is 1.40. The third-order valence-corrected chi connectivity index (χ3v) is 10.3. The number of hydrogen-bond acceptors (Lipinski definition) is 5. The number of fused-ring (bicyclic) bond motifs is 2. The second kappa shape index (κ2) is 12.6. The summed E-state index contributed by atoms with van der Waals surface area (Å²) >= 11 is 1.67. The van der Waals surface area contributed by atoms with Crippen molar-refractivity contribution in [3.63, 3.8) is 0 Å². The van der Waals surface area contributed by atoms with Crippen LogP contribution in [0, 0.1) is 13.8 Å². The number of thiazole rings is 1. The minimum absolute atomic E-state index is 0.0243. The van der Waals surface area contributed by atoms with Gasteiger partial charge in [0.25, 0.3) is 5.91 Å². The predicted octanol–water partition coefficient (Wildman–Crippen LogP) is 7.84. The van der Waals surface area contributed by atoms with E-state index in [2.05, 4.69) is 68.7 Å². The molecule has 7 nitrogen and oxygen atoms in total. The number of nitrogens with zero attached hydrogens (tertiary/aromatic N) is 3. The van der Waals surface area contributed by atoms with Gasteiger partial charge in [0.2, 0.25) is 5.91 Å². The zero-order chi connectivity index (χ0) is 30.9. The highest BCUT2D eigenvalue weighted by Gasteiger charge is 2.28. The number of benzene rings is 2. The molecule has 4 heterocycles. The minimum atomic E-state index is -0.0860. The molecule has 0 saturated heterocycles. The highest BCUT2D eigenvalue weighted by Crippen LogP contribution is 2.45. The van der Waals surface area contributed by atoms with Crippen molar-refractivity contribution in [1.29, 1.82) is 0 Å². The maximum absolute atomic E-state index is 13.5. The first-order chi connectivity index (χ1) is 22.0. The average Bonchev–Trinajstić information content (AvgIpc) is 3.56. The van der Waals surface area contributed by atoms with Crippen LogP contribution in [0.2, 0.25) is 0 Å². The number of aromatic nitrogens is 3. The van der Waals surface area contributed by atoms with Gasteiger partial charge in [-0.25, -0.2) is 9.97 Å². The molecule has 2 bridgehead atoms. The maximum Gasteiger partial charge on any atom is 0.251 e. The molecule has 230 valence electrons. The number of carbonyl (C=O) groups is 2. The van der Waals surface area contributed by atoms with E-state index in [0.29, 0.717) is 24.6 Å². The molecule has 8 heteroatoms. The molecule has 3 aromatic heterocycles. The van der Waals surface area contributed by atoms with Crippen molar-refractivity contribution >= 4 is 45.0 Å². The van der Waals surface area contributed by atoms with Gasteiger partial charge in [-0.3, -0.25) is 9.59 Å². The molecule has 2 N–H and O–H groups in total. The third-order valence-electron chi connectivity index (χ3n) is 9.18. The summed E-state index contributed by atoms with van der Waals surface area (Å²) in [4.78, 5) is 37.4. The van der Waals surface area contributed by atoms with Gasteiger partial charge in [0.15, 0.2) is 0 Å². The lowest BCUT2D eigenvalue weighted by molar-refractivity contribution is -0.121. The molecular weight excluding hydrogens is 579 g/mol. The van der Waals surface area contributed by atoms with Crippen LogP contribution in [0.5, 0.6) is 0 Å². The van der Waals surface area contributed by atoms with E-state index in [1.807, 2.05) is 26.0 Å². The number of amides is 2. The Morgan fingerprint density at radius 3 is 2.40 bits per heavy atom. The van der Waals surface area contributed by atoms with Crippen LogP contribution in [0.1, 0.15) is 77.5 Å². The lowest BCUT2D eigenvalue weighted by Gasteiger charge is -2.24. The van der Waals surface area contributed by atoms with Crippen LogP contribution >= 0.6 is 11.3 Å². The average molecular weight is 618 g/mol. The van der Waals surface area contributed by atoms with Gasteiger partial charge in [-0.05, 0) is 86.9 Å². The molecule has 1 aliphatic carbocycles. The number of pyridine rings is 1. The van der Waals surface area contributed by atoms with Crippen LogP contribution in [0.4, 0.5) is 0 Å². The maximum atomic E-state index is 13.5. The summed E-state index contributed by atoms with van der Waals surface area (Å²) in [6.45, 7) is 5.41. The van der Waals surface area contributed by atoms with Crippen molar-refractivity contribution < 1.29 is 9.59 Å². The summed E-state index contributed by atoms with van der Waals surface area (Å²) in [5.74, 6) is 0.283. The summed E-state index contributed by atoms with van der Waals surface area (Å²) in [7, 11) is 0. The van der Waals surface area contributed by atoms with E-state index in [4.69, 9.17) is 4.98 Å². The molecule has 5 aromatic rings. The smallest absolute Gasteiger partial charge is 0.251 e. The Bertz CT molecular complexity index is 1950. The summed E-state index contributed by atoms with van der Waals surface area (Å²) in [6.07, 6.45) is 11.6. The molecule has 45 heavy (non-hydrogen) atoms. The molecule has 0 spiro atoms. The van der Waals surface area contributed by atoms with E-state index in [-0.39, 0.29) is 18.4 Å². The van der Waals surface area contributed by atoms with Crippen molar-refractivity contribution in [2.75, 3.05) is 13.1 Å². The van der Waals surface area contributed by atoms with Crippen LogP contribution in [-0.4, -0.2) is 39.4 Å². The monoisotopic (exact) mass is 617 g/mol. The molecule has 2 amide bonds. The summed E-state index contributed by atoms with van der Waals surface area (Å²) in [5, 5.41) is 9.42. The Hall–Kier alpha value is -4.30. The van der Waals surface area contributed by atoms with Crippen LogP contribution in [0.15, 0.2) is 60.7 Å². The van der Waals surface area contributed by atoms with Crippen LogP contribution in [-0.2, 0) is 11.3 Å². The fraction of sp³-hybridized carbons (Fsp3) is 0.351. The van der Waals surface area contributed by atoms with Gasteiger partial charge in [-0.1, -0.05) is 49.6 Å². The summed E-state index contributed by atoms with van der Waals surface area (Å²) in [5.41, 5.74) is 7.87. The molecule has 1 fully saturated rings. The Morgan fingerprint density at radius 1 is 0.844 bits per heavy atom. The van der Waals surface area contributed by atoms with Gasteiger partial charge in [0.05, 0.1) is 38.0 Å². The molecule has 0 radical (unpaired) electrons. The van der Waals surface area contributed by atoms with Gasteiger partial charge in [-0.2, -0.15) is 0 Å². The highest BCUT2D eigenvalue weighted by molar-refractivity contribution is 7.15. The fourth-order valence-corrected chi connectivity index (χ4v) is 7.96. The van der Waals surface area contributed by atoms with Crippen molar-refractivity contribution in [3.8, 4) is 21.8 Å². The quantitative estimate of drug-likeness (QED) is 0.202. The first-order valence-corrected chi connectivity index (χ1v) is 17.0. The Morgan fingerprint density at radius 2 is 1.62 bits per heavy atom. The van der Waals surface area contributed by atoms with Crippen LogP contribution < -0.4 is 10.6 Å². The number of carbonyl (C=O) groups excluding carboxylic acids is 2. The van der Waals surface area contributed by atoms with E-state index in [1.165, 1.54) is 24.8 Å². The predicted molar refractivity (Wildman–Crippen MR) is 183 cm³/mol. The zero-order valence-electron chi connectivity index (χ0n) is 26.0. The molecule has 7 rings (SSSR count). The lowest BCUT2D eigenvalue weighted by Crippen LogP contribution is -2.28. The largest absolute Gasteiger partial charge is 0.354 e. The number of rotatable bonds is 3. The molecule has 0 atom stereocenters. The molecule has 0 unspecified atom stereocenters. The summed E-state index contributed by atoms with van der Waals surface area (Å²) < 4.78 is 2.16. The van der Waals surface area contributed by atoms with E-state index < -0.39 is 0 Å². The van der Waals surface area contributed by atoms with Gasteiger partial charge in [0.1, 0.15) is 6.54 Å². The van der Waals surface area contributed by atoms with Crippen LogP contribution in [0.25, 0.3) is 43.6 Å². The van der Waals surface area contributed by atoms with E-state index in [9.17, 15) is 9.59 Å². The van der Waals surface area contributed by atoms with Crippen molar-refractivity contribution in [1.82, 2.24) is 25.2 Å². The standard InChI is InChI=1S/C37H39N5O2S/c1-23-36(45-24(2)40-23)31-17-13-26-20-27(14-16-30(26)41-31)35-34(25-10-6-5-7-11-25)29-15-12-28-21-32(29)42(35)22-33(43)38-18-8-3-4-9-19-39-37(28)44/h3-4,12-17,20-21,25H,5-11,18-19,22H2,1-2H3,(H,38,43)(H,39,44). The lowest BCUT2D eigenvalue weighted by atomic mass is 9.81. The van der Waals surface area contributed by atoms with Crippen molar-refractivity contribution in [2.45, 2.75) is 71.3 Å². The molecule has 2 aliphatic rings. The minimum Gasteiger partial charge on any atom is -0.354 e. The Labute approximate surface area is 267 Å². The van der Waals surface area contributed by atoms with Crippen molar-refractivity contribution in [2.24, 2.45) is 0 Å². The second-order valence-corrected chi connectivity index (χ2v) is 13.5. The topological polar surface area (TPSA) is 88.9 Å². The molecule has 1 aliphatic heterocycles.